The quantitative estimate of drug-likeness (QED) is 0.169. The highest BCUT2D eigenvalue weighted by Crippen LogP contribution is 2.65. The van der Waals surface area contributed by atoms with Crippen molar-refractivity contribution in [3.63, 3.8) is 0 Å². The number of aromatic hydroxyl groups is 1. The molecule has 0 aromatic heterocycles. The van der Waals surface area contributed by atoms with Gasteiger partial charge in [0.15, 0.2) is 17.5 Å². The van der Waals surface area contributed by atoms with E-state index in [4.69, 9.17) is 20.2 Å². The molecule has 4 spiro atoms. The number of phenolic OH excluding ortho intramolecular Hbond substituents is 1. The molecule has 10 bridgehead atoms. The van der Waals surface area contributed by atoms with Crippen LogP contribution in [-0.4, -0.2) is 74.0 Å². The van der Waals surface area contributed by atoms with E-state index in [0.717, 1.165) is 120 Å². The summed E-state index contributed by atoms with van der Waals surface area (Å²) in [7, 11) is 4.06. The van der Waals surface area contributed by atoms with Crippen molar-refractivity contribution >= 4 is 39.4 Å². The van der Waals surface area contributed by atoms with Crippen LogP contribution in [0.2, 0.25) is 0 Å². The molecule has 10 nitrogen and oxygen atoms in total. The highest BCUT2D eigenvalue weighted by Gasteiger charge is 2.60. The first kappa shape index (κ1) is 47.9. The molecule has 1 saturated heterocycles. The molecule has 12 atom stereocenters. The van der Waals surface area contributed by atoms with Gasteiger partial charge in [0.05, 0.1) is 6.10 Å². The van der Waals surface area contributed by atoms with Crippen molar-refractivity contribution in [3.8, 4) is 11.5 Å². The number of phenols is 1. The Morgan fingerprint density at radius 2 is 1.71 bits per heavy atom. The average molecular weight is 993 g/mol. The summed E-state index contributed by atoms with van der Waals surface area (Å²) in [6.07, 6.45) is 25.2. The fraction of sp³-hybridized carbons (Fsp3) is 0.741. The summed E-state index contributed by atoms with van der Waals surface area (Å²) in [5.41, 5.74) is 10.3. The number of benzene rings is 2. The van der Waals surface area contributed by atoms with E-state index in [1.807, 2.05) is 26.5 Å². The van der Waals surface area contributed by atoms with Gasteiger partial charge in [0, 0.05) is 73.0 Å². The predicted octanol–water partition coefficient (Wildman–Crippen LogP) is 11.4. The Kier molecular flexibility index (Phi) is 12.8. The van der Waals surface area contributed by atoms with Crippen molar-refractivity contribution < 1.29 is 29.3 Å². The zero-order valence-corrected chi connectivity index (χ0v) is 43.5. The molecule has 0 unspecified atom stereocenters. The summed E-state index contributed by atoms with van der Waals surface area (Å²) in [6, 6.07) is 13.1. The Labute approximate surface area is 425 Å². The Balaban J connectivity index is 0.930. The number of nitrogens with two attached hydrogens (primary N) is 1. The maximum atomic E-state index is 14.9. The molecule has 1 amide bonds. The van der Waals surface area contributed by atoms with Crippen LogP contribution in [0.1, 0.15) is 195 Å². The largest absolute Gasteiger partial charge is 0.504 e. The number of carbonyl (C=O) groups excluding carboxylic acids is 2. The molecular weight excluding hydrogens is 913 g/mol. The minimum Gasteiger partial charge on any atom is -0.504 e. The molecule has 2 aromatic carbocycles. The lowest BCUT2D eigenvalue weighted by atomic mass is 9.57. The number of guanidine groups is 1. The van der Waals surface area contributed by atoms with Crippen LogP contribution >= 0.6 is 21.6 Å². The number of ether oxygens (including phenoxy) is 2. The summed E-state index contributed by atoms with van der Waals surface area (Å²) in [4.78, 5) is 35.2. The number of rotatable bonds is 2. The third kappa shape index (κ3) is 8.10. The number of nitrogens with zero attached hydrogens (tertiary/aromatic N) is 2. The fourth-order valence-electron chi connectivity index (χ4n) is 18.1. The van der Waals surface area contributed by atoms with Crippen LogP contribution in [-0.2, 0) is 27.3 Å². The maximum Gasteiger partial charge on any atom is 0.303 e. The van der Waals surface area contributed by atoms with E-state index in [1.165, 1.54) is 49.7 Å². The van der Waals surface area contributed by atoms with Gasteiger partial charge < -0.3 is 35.6 Å². The number of aliphatic hydroxyl groups is 1. The molecular formula is C58H80N4O6S2. The number of fused-ring (bicyclic) bond motifs is 11. The topological polar surface area (TPSA) is 147 Å². The van der Waals surface area contributed by atoms with E-state index in [-0.39, 0.29) is 68.5 Å². The second-order valence-electron chi connectivity index (χ2n) is 24.7. The number of carbonyl (C=O) groups is 2. The molecule has 2 aromatic rings. The predicted molar refractivity (Wildman–Crippen MR) is 279 cm³/mol. The summed E-state index contributed by atoms with van der Waals surface area (Å²) in [6.45, 7) is 3.02. The molecule has 5 heterocycles. The van der Waals surface area contributed by atoms with E-state index < -0.39 is 11.7 Å². The van der Waals surface area contributed by atoms with E-state index >= 15 is 0 Å². The molecule has 14 rings (SSSR count). The van der Waals surface area contributed by atoms with E-state index in [1.54, 1.807) is 6.92 Å². The van der Waals surface area contributed by atoms with Gasteiger partial charge in [-0.1, -0.05) is 77.6 Å². The summed E-state index contributed by atoms with van der Waals surface area (Å²) in [5.74, 6) is 4.01. The lowest BCUT2D eigenvalue weighted by Gasteiger charge is -2.54. The third-order valence-corrected chi connectivity index (χ3v) is 24.6. The van der Waals surface area contributed by atoms with Crippen LogP contribution in [0.5, 0.6) is 11.5 Å². The molecule has 70 heavy (non-hydrogen) atoms. The number of aliphatic imine (C=N–C) groups is 1. The van der Waals surface area contributed by atoms with Crippen molar-refractivity contribution in [3.05, 3.63) is 58.7 Å². The van der Waals surface area contributed by atoms with Crippen LogP contribution in [0.4, 0.5) is 0 Å². The smallest absolute Gasteiger partial charge is 0.303 e. The minimum atomic E-state index is -0.749. The molecule has 0 radical (unpaired) electrons. The third-order valence-electron chi connectivity index (χ3n) is 21.3. The standard InChI is InChI=1S/C58H80N4O6S2/c1-37(63)67-57-31-40-16-17-44(57)30-41-28-42(51(66)52-50(41)39-20-26-56(68-52)24-10-14-43(56)29-39)35-62-36-55(33-49(62)65)45(18-19-47(55)38-12-4-2-5-13-38)34-60-53(59)61-58(25-11-23-54(58)21-7-8-22-54)70-69-27-9-3-6-15-46(40)48(64)32-57/h2,4-5,12-13,28,39-40,43-48,64,66H,3,6-11,14-27,29-36H2,1H3,(H3,59,60,61)/t39-,40-,43+,44-,45-,46+,47-,48+,55-,56+,57-,58-/m0/s1. The molecule has 5 aliphatic heterocycles. The van der Waals surface area contributed by atoms with Crippen LogP contribution in [0.3, 0.4) is 0 Å². The number of hydrogen-bond acceptors (Lipinski definition) is 11. The summed E-state index contributed by atoms with van der Waals surface area (Å²) in [5, 5.41) is 28.8. The van der Waals surface area contributed by atoms with Gasteiger partial charge in [0.1, 0.15) is 16.1 Å². The molecule has 7 saturated carbocycles. The van der Waals surface area contributed by atoms with Crippen LogP contribution in [0.25, 0.3) is 0 Å². The van der Waals surface area contributed by atoms with E-state index in [2.05, 4.69) is 41.7 Å². The summed E-state index contributed by atoms with van der Waals surface area (Å²) < 4.78 is 13.9. The van der Waals surface area contributed by atoms with Crippen molar-refractivity contribution in [2.24, 2.45) is 51.1 Å². The van der Waals surface area contributed by atoms with Crippen molar-refractivity contribution in [2.45, 2.75) is 208 Å². The number of hydrogen-bond donors (Lipinski definition) is 4. The first-order valence-corrected chi connectivity index (χ1v) is 30.4. The van der Waals surface area contributed by atoms with E-state index in [9.17, 15) is 19.8 Å². The van der Waals surface area contributed by atoms with Crippen LogP contribution < -0.4 is 15.8 Å². The lowest BCUT2D eigenvalue weighted by Crippen LogP contribution is -2.56. The Morgan fingerprint density at radius 1 is 0.886 bits per heavy atom. The van der Waals surface area contributed by atoms with Crippen molar-refractivity contribution in [1.29, 1.82) is 0 Å². The first-order valence-electron chi connectivity index (χ1n) is 28.1. The number of esters is 1. The Morgan fingerprint density at radius 3 is 2.56 bits per heavy atom. The summed E-state index contributed by atoms with van der Waals surface area (Å²) >= 11 is 0. The molecule has 12 heteroatoms. The van der Waals surface area contributed by atoms with Crippen LogP contribution in [0, 0.1) is 40.4 Å². The molecule has 8 fully saturated rings. The Bertz CT molecular complexity index is 2330. The molecule has 380 valence electrons. The monoisotopic (exact) mass is 993 g/mol. The van der Waals surface area contributed by atoms with E-state index in [0.29, 0.717) is 62.4 Å². The molecule has 12 aliphatic rings. The van der Waals surface area contributed by atoms with Gasteiger partial charge in [0.25, 0.3) is 0 Å². The Hall–Kier alpha value is -3.09. The normalized spacial score (nSPS) is 40.3. The zero-order chi connectivity index (χ0) is 47.9. The zero-order valence-electron chi connectivity index (χ0n) is 41.9. The number of aliphatic hydroxyl groups excluding tert-OH is 1. The highest BCUT2D eigenvalue weighted by atomic mass is 33.1. The van der Waals surface area contributed by atoms with Gasteiger partial charge in [-0.15, -0.1) is 0 Å². The fourth-order valence-corrected chi connectivity index (χ4v) is 21.7. The highest BCUT2D eigenvalue weighted by molar-refractivity contribution is 8.77. The van der Waals surface area contributed by atoms with Gasteiger partial charge in [0.2, 0.25) is 5.91 Å². The van der Waals surface area contributed by atoms with Gasteiger partial charge >= 0.3 is 5.97 Å². The first-order chi connectivity index (χ1) is 33.9. The number of amides is 1. The second-order valence-corrected chi connectivity index (χ2v) is 27.4. The second kappa shape index (κ2) is 18.7. The van der Waals surface area contributed by atoms with Crippen molar-refractivity contribution in [2.75, 3.05) is 18.8 Å². The van der Waals surface area contributed by atoms with Gasteiger partial charge in [-0.2, -0.15) is 0 Å². The average Bonchev–Trinajstić information content (AvgIpc) is 4.16. The minimum absolute atomic E-state index is 0.0209. The molecule has 5 N–H and O–H groups in total. The van der Waals surface area contributed by atoms with Crippen LogP contribution in [0.15, 0.2) is 41.4 Å². The van der Waals surface area contributed by atoms with Gasteiger partial charge in [-0.05, 0) is 175 Å². The SMILES string of the molecule is CC(=O)O[C@]12C[C@@H]3CC[C@H]1Cc1cc(c(O)c4c1[C@H]1CC[C@@]5(CCC[C@@H]5C1)O4)CN1C[C@@]4(CC1=O)[C@@H](CC[C@H]4c1ccccc1)CN=C(N)N[C@@]1(CCCC14CCCC4)SSCCCCC[C@H]3[C@H](O)C2. The number of nitrogens with one attached hydrogen (secondary N) is 1. The maximum absolute atomic E-state index is 14.9. The van der Waals surface area contributed by atoms with Gasteiger partial charge in [-0.25, -0.2) is 0 Å². The van der Waals surface area contributed by atoms with Crippen molar-refractivity contribution in [1.82, 2.24) is 10.2 Å². The lowest BCUT2D eigenvalue weighted by molar-refractivity contribution is -0.195. The molecule has 7 aliphatic carbocycles. The van der Waals surface area contributed by atoms with Gasteiger partial charge in [-0.3, -0.25) is 14.6 Å².